The summed E-state index contributed by atoms with van der Waals surface area (Å²) in [4.78, 5) is 7.78. The molecule has 0 fully saturated rings. The molecule has 0 aliphatic rings. The van der Waals surface area contributed by atoms with Gasteiger partial charge in [-0.15, -0.1) is 11.6 Å². The lowest BCUT2D eigenvalue weighted by molar-refractivity contribution is 1.18. The summed E-state index contributed by atoms with van der Waals surface area (Å²) in [6, 6.07) is 0. The van der Waals surface area contributed by atoms with Gasteiger partial charge in [-0.05, 0) is 5.92 Å². The molecule has 0 spiro atoms. The Morgan fingerprint density at radius 2 is 2.25 bits per heavy atom. The SMILES string of the molecule is Nc1cnc(C#CCCCl)cn1. The Bertz CT molecular complexity index is 296. The fourth-order valence-electron chi connectivity index (χ4n) is 0.603. The van der Waals surface area contributed by atoms with Crippen LogP contribution in [0.5, 0.6) is 0 Å². The average Bonchev–Trinajstić information content (AvgIpc) is 2.09. The number of alkyl halides is 1. The van der Waals surface area contributed by atoms with Gasteiger partial charge in [0.25, 0.3) is 0 Å². The maximum absolute atomic E-state index is 5.43. The van der Waals surface area contributed by atoms with Gasteiger partial charge >= 0.3 is 0 Å². The number of hydrogen-bond acceptors (Lipinski definition) is 3. The molecule has 1 heterocycles. The molecule has 1 aromatic rings. The molecule has 1 aromatic heterocycles. The molecule has 0 amide bonds. The number of nitrogens with two attached hydrogens (primary N) is 1. The molecule has 2 N–H and O–H groups in total. The summed E-state index contributed by atoms with van der Waals surface area (Å²) in [5, 5.41) is 0. The van der Waals surface area contributed by atoms with Crippen molar-refractivity contribution in [1.82, 2.24) is 9.97 Å². The zero-order valence-electron chi connectivity index (χ0n) is 6.42. The Morgan fingerprint density at radius 1 is 1.42 bits per heavy atom. The van der Waals surface area contributed by atoms with E-state index in [0.717, 1.165) is 0 Å². The minimum atomic E-state index is 0.401. The molecule has 0 aliphatic carbocycles. The molecule has 0 saturated heterocycles. The van der Waals surface area contributed by atoms with Gasteiger partial charge < -0.3 is 5.73 Å². The summed E-state index contributed by atoms with van der Waals surface area (Å²) in [6.07, 6.45) is 3.68. The summed E-state index contributed by atoms with van der Waals surface area (Å²) in [5.41, 5.74) is 5.96. The number of anilines is 1. The molecule has 0 radical (unpaired) electrons. The van der Waals surface area contributed by atoms with Crippen LogP contribution in [0.3, 0.4) is 0 Å². The van der Waals surface area contributed by atoms with Crippen molar-refractivity contribution in [1.29, 1.82) is 0 Å². The van der Waals surface area contributed by atoms with Crippen molar-refractivity contribution in [2.24, 2.45) is 0 Å². The van der Waals surface area contributed by atoms with E-state index in [1.165, 1.54) is 12.4 Å². The Labute approximate surface area is 76.0 Å². The lowest BCUT2D eigenvalue weighted by atomic mass is 10.4. The standard InChI is InChI=1S/C8H8ClN3/c9-4-2-1-3-7-5-12-8(10)6-11-7/h5-6H,2,4H2,(H2,10,12). The van der Waals surface area contributed by atoms with Crippen molar-refractivity contribution in [3.8, 4) is 11.8 Å². The van der Waals surface area contributed by atoms with E-state index in [1.807, 2.05) is 0 Å². The van der Waals surface area contributed by atoms with Crippen LogP contribution in [0.25, 0.3) is 0 Å². The second kappa shape index (κ2) is 4.58. The Kier molecular flexibility index (Phi) is 3.36. The van der Waals surface area contributed by atoms with Gasteiger partial charge in [0.2, 0.25) is 0 Å². The highest BCUT2D eigenvalue weighted by Crippen LogP contribution is 1.93. The van der Waals surface area contributed by atoms with E-state index >= 15 is 0 Å². The molecule has 62 valence electrons. The predicted octanol–water partition coefficient (Wildman–Crippen LogP) is 1.04. The monoisotopic (exact) mass is 181 g/mol. The lowest BCUT2D eigenvalue weighted by Crippen LogP contribution is -1.92. The van der Waals surface area contributed by atoms with Crippen LogP contribution in [0, 0.1) is 11.8 Å². The predicted molar refractivity (Wildman–Crippen MR) is 48.7 cm³/mol. The summed E-state index contributed by atoms with van der Waals surface area (Å²) in [5.74, 6) is 6.59. The van der Waals surface area contributed by atoms with Crippen molar-refractivity contribution >= 4 is 17.4 Å². The van der Waals surface area contributed by atoms with Crippen LogP contribution < -0.4 is 5.73 Å². The van der Waals surface area contributed by atoms with E-state index in [4.69, 9.17) is 17.3 Å². The Morgan fingerprint density at radius 3 is 2.83 bits per heavy atom. The molecule has 1 rings (SSSR count). The topological polar surface area (TPSA) is 51.8 Å². The molecule has 0 aromatic carbocycles. The van der Waals surface area contributed by atoms with Crippen molar-refractivity contribution in [2.75, 3.05) is 11.6 Å². The molecular weight excluding hydrogens is 174 g/mol. The molecule has 3 nitrogen and oxygen atoms in total. The van der Waals surface area contributed by atoms with Crippen LogP contribution in [-0.2, 0) is 0 Å². The average molecular weight is 182 g/mol. The zero-order valence-corrected chi connectivity index (χ0v) is 7.17. The molecule has 4 heteroatoms. The minimum absolute atomic E-state index is 0.401. The third-order valence-corrected chi connectivity index (χ3v) is 1.30. The number of halogens is 1. The summed E-state index contributed by atoms with van der Waals surface area (Å²) < 4.78 is 0. The first kappa shape index (κ1) is 8.82. The molecule has 0 aliphatic heterocycles. The first-order valence-electron chi connectivity index (χ1n) is 3.45. The highest BCUT2D eigenvalue weighted by Gasteiger charge is 1.87. The fraction of sp³-hybridized carbons (Fsp3) is 0.250. The lowest BCUT2D eigenvalue weighted by Gasteiger charge is -1.89. The van der Waals surface area contributed by atoms with E-state index in [1.54, 1.807) is 0 Å². The summed E-state index contributed by atoms with van der Waals surface area (Å²) in [6.45, 7) is 0. The molecule has 0 saturated carbocycles. The fourth-order valence-corrected chi connectivity index (χ4v) is 0.697. The van der Waals surface area contributed by atoms with Gasteiger partial charge in [0, 0.05) is 12.3 Å². The van der Waals surface area contributed by atoms with Gasteiger partial charge in [-0.25, -0.2) is 9.97 Å². The van der Waals surface area contributed by atoms with E-state index in [0.29, 0.717) is 23.8 Å². The van der Waals surface area contributed by atoms with Gasteiger partial charge in [0.15, 0.2) is 0 Å². The molecule has 0 bridgehead atoms. The normalized spacial score (nSPS) is 8.75. The number of nitrogen functional groups attached to an aromatic ring is 1. The molecule has 12 heavy (non-hydrogen) atoms. The second-order valence-corrected chi connectivity index (χ2v) is 2.45. The maximum Gasteiger partial charge on any atom is 0.141 e. The van der Waals surface area contributed by atoms with E-state index in [2.05, 4.69) is 21.8 Å². The smallest absolute Gasteiger partial charge is 0.141 e. The summed E-state index contributed by atoms with van der Waals surface area (Å²) in [7, 11) is 0. The Hall–Kier alpha value is -1.27. The van der Waals surface area contributed by atoms with Crippen LogP contribution in [-0.4, -0.2) is 15.8 Å². The highest BCUT2D eigenvalue weighted by atomic mass is 35.5. The van der Waals surface area contributed by atoms with Gasteiger partial charge in [-0.1, -0.05) is 5.92 Å². The van der Waals surface area contributed by atoms with Crippen LogP contribution >= 0.6 is 11.6 Å². The zero-order chi connectivity index (χ0) is 8.81. The number of hydrogen-bond donors (Lipinski definition) is 1. The molecule has 0 atom stereocenters. The van der Waals surface area contributed by atoms with Gasteiger partial charge in [-0.3, -0.25) is 0 Å². The van der Waals surface area contributed by atoms with Crippen molar-refractivity contribution in [3.05, 3.63) is 18.1 Å². The van der Waals surface area contributed by atoms with Gasteiger partial charge in [0.05, 0.1) is 12.4 Å². The highest BCUT2D eigenvalue weighted by molar-refractivity contribution is 6.18. The molecular formula is C8H8ClN3. The van der Waals surface area contributed by atoms with Crippen LogP contribution in [0.15, 0.2) is 12.4 Å². The van der Waals surface area contributed by atoms with Crippen molar-refractivity contribution < 1.29 is 0 Å². The first-order chi connectivity index (χ1) is 5.83. The van der Waals surface area contributed by atoms with E-state index in [9.17, 15) is 0 Å². The molecule has 0 unspecified atom stereocenters. The Balaban J connectivity index is 2.66. The van der Waals surface area contributed by atoms with Crippen LogP contribution in [0.4, 0.5) is 5.82 Å². The van der Waals surface area contributed by atoms with Crippen LogP contribution in [0.1, 0.15) is 12.1 Å². The number of aromatic nitrogens is 2. The van der Waals surface area contributed by atoms with Crippen molar-refractivity contribution in [2.45, 2.75) is 6.42 Å². The second-order valence-electron chi connectivity index (χ2n) is 2.07. The number of nitrogens with zero attached hydrogens (tertiary/aromatic N) is 2. The number of rotatable bonds is 1. The van der Waals surface area contributed by atoms with Crippen LogP contribution in [0.2, 0.25) is 0 Å². The van der Waals surface area contributed by atoms with E-state index < -0.39 is 0 Å². The largest absolute Gasteiger partial charge is 0.382 e. The van der Waals surface area contributed by atoms with Gasteiger partial charge in [0.1, 0.15) is 11.5 Å². The van der Waals surface area contributed by atoms with Gasteiger partial charge in [-0.2, -0.15) is 0 Å². The maximum atomic E-state index is 5.43. The summed E-state index contributed by atoms with van der Waals surface area (Å²) >= 11 is 5.43. The minimum Gasteiger partial charge on any atom is -0.382 e. The third kappa shape index (κ3) is 2.77. The first-order valence-corrected chi connectivity index (χ1v) is 3.98. The third-order valence-electron chi connectivity index (χ3n) is 1.11. The van der Waals surface area contributed by atoms with E-state index in [-0.39, 0.29) is 0 Å². The quantitative estimate of drug-likeness (QED) is 0.520. The van der Waals surface area contributed by atoms with Crippen molar-refractivity contribution in [3.63, 3.8) is 0 Å².